The summed E-state index contributed by atoms with van der Waals surface area (Å²) in [4.78, 5) is 0. The standard InChI is InChI=1S/C40H39B15O/c41-25-18-16(11-6-8-15-14(9-11)13-7-5-10-3-1-2-4-12(10)40(13)56-15)19-21(29(45)37(53)35(51)26(19)42)17(20(18)28(44)36(52)34(25)50)22-23-24(31(47)33(49)27(22)43)32(48)39(55)38(54)30(23)46/h1-9H,41-55H2. The normalized spacial score (nSPS) is 11.9. The molecular weight excluding hydrogens is 659 g/mol. The van der Waals surface area contributed by atoms with Gasteiger partial charge in [-0.15, -0.1) is 38.2 Å². The molecule has 0 amide bonds. The highest BCUT2D eigenvalue weighted by Crippen LogP contribution is 2.43. The van der Waals surface area contributed by atoms with E-state index in [1.54, 1.807) is 0 Å². The van der Waals surface area contributed by atoms with E-state index in [4.69, 9.17) is 4.42 Å². The molecule has 250 valence electrons. The first-order valence-electron chi connectivity index (χ1n) is 20.4. The highest BCUT2D eigenvalue weighted by Gasteiger charge is 2.28. The fourth-order valence-corrected chi connectivity index (χ4v) is 10.6. The summed E-state index contributed by atoms with van der Waals surface area (Å²) in [5.74, 6) is 0. The molecule has 0 unspecified atom stereocenters. The van der Waals surface area contributed by atoms with Crippen LogP contribution < -0.4 is 81.9 Å². The molecule has 56 heavy (non-hydrogen) atoms. The topological polar surface area (TPSA) is 13.1 Å². The molecule has 16 heteroatoms. The largest absolute Gasteiger partial charge is 0.455 e. The van der Waals surface area contributed by atoms with Gasteiger partial charge in [-0.25, -0.2) is 0 Å². The molecule has 0 aliphatic rings. The second kappa shape index (κ2) is 12.8. The third-order valence-electron chi connectivity index (χ3n) is 15.1. The van der Waals surface area contributed by atoms with Gasteiger partial charge in [-0.1, -0.05) is 80.1 Å². The molecule has 9 aromatic rings. The van der Waals surface area contributed by atoms with E-state index in [-0.39, 0.29) is 0 Å². The first-order chi connectivity index (χ1) is 26.6. The second-order valence-electron chi connectivity index (χ2n) is 17.2. The van der Waals surface area contributed by atoms with Crippen molar-refractivity contribution in [3.8, 4) is 22.3 Å². The Balaban J connectivity index is 1.59. The summed E-state index contributed by atoms with van der Waals surface area (Å²) in [7, 11) is 35.3. The maximum atomic E-state index is 6.68. The molecule has 0 saturated carbocycles. The van der Waals surface area contributed by atoms with Crippen molar-refractivity contribution < 1.29 is 4.42 Å². The molecule has 0 saturated heterocycles. The zero-order chi connectivity index (χ0) is 40.0. The highest BCUT2D eigenvalue weighted by molar-refractivity contribution is 6.75. The van der Waals surface area contributed by atoms with E-state index < -0.39 is 0 Å². The number of furan rings is 1. The average molecular weight is 698 g/mol. The SMILES string of the molecule is Bc1c(B)c(B)c2c(-c3c4c(B)c(B)c(B)c(B)c4c(-c4ccc5oc6c7ccccc7ccc6c5c4)c4c(B)c(B)c(B)c(B)c34)c(B)c(B)c(B)c2c1B. The third kappa shape index (κ3) is 4.77. The maximum absolute atomic E-state index is 6.68. The smallest absolute Gasteiger partial charge is 0.143 e. The first kappa shape index (κ1) is 37.2. The van der Waals surface area contributed by atoms with Crippen molar-refractivity contribution in [1.29, 1.82) is 0 Å². The second-order valence-corrected chi connectivity index (χ2v) is 17.2. The number of fused-ring (bicyclic) bond motifs is 8. The van der Waals surface area contributed by atoms with Gasteiger partial charge in [0.05, 0.1) is 0 Å². The van der Waals surface area contributed by atoms with Crippen LogP contribution in [0.15, 0.2) is 59.0 Å². The third-order valence-corrected chi connectivity index (χ3v) is 15.1. The fourth-order valence-electron chi connectivity index (χ4n) is 10.6. The number of rotatable bonds is 2. The summed E-state index contributed by atoms with van der Waals surface area (Å²) >= 11 is 0. The van der Waals surface area contributed by atoms with E-state index in [0.717, 1.165) is 21.9 Å². The van der Waals surface area contributed by atoms with Crippen molar-refractivity contribution in [2.75, 3.05) is 0 Å². The summed E-state index contributed by atoms with van der Waals surface area (Å²) in [5.41, 5.74) is 28.1. The zero-order valence-corrected chi connectivity index (χ0v) is 36.1. The lowest BCUT2D eigenvalue weighted by Gasteiger charge is -2.31. The quantitative estimate of drug-likeness (QED) is 0.129. The van der Waals surface area contributed by atoms with Crippen LogP contribution in [0.4, 0.5) is 0 Å². The summed E-state index contributed by atoms with van der Waals surface area (Å²) < 4.78 is 6.68. The molecule has 0 bridgehead atoms. The minimum Gasteiger partial charge on any atom is -0.455 e. The summed E-state index contributed by atoms with van der Waals surface area (Å²) in [6, 6.07) is 20.0. The molecule has 1 heterocycles. The summed E-state index contributed by atoms with van der Waals surface area (Å²) in [6.45, 7) is 0. The van der Waals surface area contributed by atoms with E-state index in [0.29, 0.717) is 0 Å². The molecule has 8 aromatic carbocycles. The molecule has 1 nitrogen and oxygen atoms in total. The van der Waals surface area contributed by atoms with Crippen LogP contribution in [0.2, 0.25) is 0 Å². The van der Waals surface area contributed by atoms with Crippen molar-refractivity contribution >= 4 is 265 Å². The van der Waals surface area contributed by atoms with E-state index in [2.05, 4.69) is 172 Å². The van der Waals surface area contributed by atoms with Crippen molar-refractivity contribution in [3.63, 3.8) is 0 Å². The van der Waals surface area contributed by atoms with Gasteiger partial charge in [0.2, 0.25) is 0 Å². The van der Waals surface area contributed by atoms with Gasteiger partial charge in [0.15, 0.2) is 0 Å². The Morgan fingerprint density at radius 3 is 1.25 bits per heavy atom. The molecule has 1 aromatic heterocycles. The van der Waals surface area contributed by atoms with Gasteiger partial charge >= 0.3 is 0 Å². The lowest BCUT2D eigenvalue weighted by atomic mass is 9.56. The van der Waals surface area contributed by atoms with Gasteiger partial charge in [0, 0.05) is 16.2 Å². The van der Waals surface area contributed by atoms with Crippen LogP contribution in [0.3, 0.4) is 0 Å². The van der Waals surface area contributed by atoms with Gasteiger partial charge in [0.25, 0.3) is 0 Å². The van der Waals surface area contributed by atoms with Gasteiger partial charge in [0.1, 0.15) is 129 Å². The fraction of sp³-hybridized carbons (Fsp3) is 0. The van der Waals surface area contributed by atoms with Crippen LogP contribution in [0, 0.1) is 0 Å². The van der Waals surface area contributed by atoms with Crippen LogP contribution in [0.1, 0.15) is 0 Å². The van der Waals surface area contributed by atoms with Crippen molar-refractivity contribution in [1.82, 2.24) is 0 Å². The molecular formula is C40H39B15O. The van der Waals surface area contributed by atoms with E-state index >= 15 is 0 Å². The molecule has 0 aliphatic carbocycles. The lowest BCUT2D eigenvalue weighted by Crippen LogP contribution is -2.53. The van der Waals surface area contributed by atoms with E-state index in [9.17, 15) is 0 Å². The van der Waals surface area contributed by atoms with Crippen molar-refractivity contribution in [3.05, 3.63) is 54.6 Å². The van der Waals surface area contributed by atoms with Crippen molar-refractivity contribution in [2.45, 2.75) is 0 Å². The van der Waals surface area contributed by atoms with Crippen LogP contribution in [0.5, 0.6) is 0 Å². The molecule has 0 spiro atoms. The van der Waals surface area contributed by atoms with Gasteiger partial charge in [-0.3, -0.25) is 0 Å². The van der Waals surface area contributed by atoms with Gasteiger partial charge < -0.3 is 4.42 Å². The summed E-state index contributed by atoms with van der Waals surface area (Å²) in [6.07, 6.45) is 0. The molecule has 9 rings (SSSR count). The molecule has 0 atom stereocenters. The Hall–Kier alpha value is -4.43. The Morgan fingerprint density at radius 2 is 0.732 bits per heavy atom. The summed E-state index contributed by atoms with van der Waals surface area (Å²) in [5, 5.41) is 13.1. The molecule has 0 N–H and O–H groups in total. The van der Waals surface area contributed by atoms with Gasteiger partial charge in [-0.05, 0) is 78.2 Å². The Labute approximate surface area is 344 Å². The zero-order valence-electron chi connectivity index (χ0n) is 36.1. The number of hydrogen-bond acceptors (Lipinski definition) is 1. The predicted molar refractivity (Wildman–Crippen MR) is 297 cm³/mol. The maximum Gasteiger partial charge on any atom is 0.143 e. The highest BCUT2D eigenvalue weighted by atomic mass is 16.3. The van der Waals surface area contributed by atoms with Crippen LogP contribution in [0.25, 0.3) is 87.3 Å². The Kier molecular flexibility index (Phi) is 8.49. The number of hydrogen-bond donors (Lipinski definition) is 0. The molecule has 0 aliphatic heterocycles. The first-order valence-corrected chi connectivity index (χ1v) is 20.4. The minimum atomic E-state index is 0.930. The Bertz CT molecular complexity index is 3220. The number of benzene rings is 8. The van der Waals surface area contributed by atoms with Crippen LogP contribution >= 0.6 is 0 Å². The molecule has 0 radical (unpaired) electrons. The average Bonchev–Trinajstić information content (AvgIpc) is 3.58. The van der Waals surface area contributed by atoms with Crippen LogP contribution in [-0.2, 0) is 0 Å². The molecule has 0 fully saturated rings. The predicted octanol–water partition coefficient (Wildman–Crippen LogP) is -14.6. The van der Waals surface area contributed by atoms with Gasteiger partial charge in [-0.2, -0.15) is 0 Å². The van der Waals surface area contributed by atoms with Crippen molar-refractivity contribution in [2.24, 2.45) is 0 Å². The minimum absolute atomic E-state index is 0.930. The lowest BCUT2D eigenvalue weighted by molar-refractivity contribution is 0.672. The van der Waals surface area contributed by atoms with Crippen LogP contribution in [-0.4, -0.2) is 118 Å². The Morgan fingerprint density at radius 1 is 0.304 bits per heavy atom. The van der Waals surface area contributed by atoms with E-state index in [1.165, 1.54) is 147 Å². The monoisotopic (exact) mass is 700 g/mol. The van der Waals surface area contributed by atoms with E-state index in [1.807, 2.05) is 0 Å².